The lowest BCUT2D eigenvalue weighted by atomic mass is 9.69. The molecule has 3 heteroatoms. The zero-order chi connectivity index (χ0) is 13.7. The van der Waals surface area contributed by atoms with Gasteiger partial charge in [-0.25, -0.2) is 0 Å². The maximum Gasteiger partial charge on any atom is 0.0559 e. The van der Waals surface area contributed by atoms with Gasteiger partial charge in [0, 0.05) is 12.7 Å². The largest absolute Gasteiger partial charge is 0.308 e. The van der Waals surface area contributed by atoms with Crippen LogP contribution in [0.2, 0.25) is 0 Å². The van der Waals surface area contributed by atoms with E-state index in [4.69, 9.17) is 0 Å². The van der Waals surface area contributed by atoms with Crippen molar-refractivity contribution in [2.24, 2.45) is 5.41 Å². The average molecular weight is 263 g/mol. The van der Waals surface area contributed by atoms with Gasteiger partial charge in [-0.05, 0) is 37.3 Å². The molecule has 1 heterocycles. The van der Waals surface area contributed by atoms with Gasteiger partial charge >= 0.3 is 0 Å². The maximum absolute atomic E-state index is 4.51. The minimum atomic E-state index is 0.389. The second-order valence-corrected chi connectivity index (χ2v) is 6.18. The molecule has 1 saturated carbocycles. The van der Waals surface area contributed by atoms with Gasteiger partial charge in [0.15, 0.2) is 0 Å². The summed E-state index contributed by atoms with van der Waals surface area (Å²) in [7, 11) is 0. The highest BCUT2D eigenvalue weighted by Gasteiger charge is 2.37. The first-order valence-corrected chi connectivity index (χ1v) is 7.96. The van der Waals surface area contributed by atoms with E-state index in [-0.39, 0.29) is 0 Å². The topological polar surface area (TPSA) is 29.9 Å². The summed E-state index contributed by atoms with van der Waals surface area (Å²) in [6.45, 7) is 8.94. The number of aryl methyl sites for hydroxylation is 1. The van der Waals surface area contributed by atoms with Gasteiger partial charge < -0.3 is 5.32 Å². The zero-order valence-electron chi connectivity index (χ0n) is 12.8. The third kappa shape index (κ3) is 3.19. The molecule has 1 aliphatic rings. The number of nitrogens with one attached hydrogen (secondary N) is 1. The summed E-state index contributed by atoms with van der Waals surface area (Å²) in [6.07, 6.45) is 9.93. The number of hydrogen-bond acceptors (Lipinski definition) is 2. The molecular weight excluding hydrogens is 234 g/mol. The number of aromatic nitrogens is 2. The van der Waals surface area contributed by atoms with E-state index in [9.17, 15) is 0 Å². The predicted octanol–water partition coefficient (Wildman–Crippen LogP) is 3.91. The second kappa shape index (κ2) is 6.56. The molecule has 0 bridgehead atoms. The van der Waals surface area contributed by atoms with E-state index in [1.165, 1.54) is 37.8 Å². The van der Waals surface area contributed by atoms with Crippen LogP contribution in [0.1, 0.15) is 71.0 Å². The highest BCUT2D eigenvalue weighted by Crippen LogP contribution is 2.45. The van der Waals surface area contributed by atoms with Gasteiger partial charge in [-0.2, -0.15) is 5.10 Å². The van der Waals surface area contributed by atoms with Crippen LogP contribution < -0.4 is 5.32 Å². The molecule has 1 aliphatic carbocycles. The smallest absolute Gasteiger partial charge is 0.0559 e. The Kier molecular flexibility index (Phi) is 5.03. The van der Waals surface area contributed by atoms with E-state index in [0.29, 0.717) is 11.5 Å². The van der Waals surface area contributed by atoms with Gasteiger partial charge in [-0.15, -0.1) is 0 Å². The van der Waals surface area contributed by atoms with Gasteiger partial charge in [-0.3, -0.25) is 4.68 Å². The molecule has 1 aromatic rings. The number of hydrogen-bond donors (Lipinski definition) is 1. The summed E-state index contributed by atoms with van der Waals surface area (Å²) in [5.41, 5.74) is 1.77. The fourth-order valence-corrected chi connectivity index (χ4v) is 3.55. The van der Waals surface area contributed by atoms with Crippen molar-refractivity contribution >= 4 is 0 Å². The summed E-state index contributed by atoms with van der Waals surface area (Å²) < 4.78 is 2.20. The van der Waals surface area contributed by atoms with Gasteiger partial charge in [0.25, 0.3) is 0 Å². The summed E-state index contributed by atoms with van der Waals surface area (Å²) >= 11 is 0. The lowest BCUT2D eigenvalue weighted by Gasteiger charge is -2.41. The number of nitrogens with zero attached hydrogens (tertiary/aromatic N) is 2. The lowest BCUT2D eigenvalue weighted by molar-refractivity contribution is 0.139. The molecule has 0 aromatic carbocycles. The Hall–Kier alpha value is -0.830. The Morgan fingerprint density at radius 3 is 2.68 bits per heavy atom. The Bertz CT molecular complexity index is 377. The first-order chi connectivity index (χ1) is 9.21. The molecule has 0 spiro atoms. The zero-order valence-corrected chi connectivity index (χ0v) is 12.8. The van der Waals surface area contributed by atoms with Crippen LogP contribution in [0.4, 0.5) is 0 Å². The van der Waals surface area contributed by atoms with E-state index in [2.05, 4.69) is 41.9 Å². The molecule has 3 nitrogen and oxygen atoms in total. The van der Waals surface area contributed by atoms with Crippen LogP contribution in [0.3, 0.4) is 0 Å². The minimum Gasteiger partial charge on any atom is -0.308 e. The van der Waals surface area contributed by atoms with Crippen molar-refractivity contribution in [1.29, 1.82) is 0 Å². The molecule has 1 fully saturated rings. The van der Waals surface area contributed by atoms with E-state index >= 15 is 0 Å². The average Bonchev–Trinajstić information content (AvgIpc) is 2.85. The quantitative estimate of drug-likeness (QED) is 0.843. The molecule has 0 saturated heterocycles. The second-order valence-electron chi connectivity index (χ2n) is 6.18. The van der Waals surface area contributed by atoms with Crippen molar-refractivity contribution in [3.8, 4) is 0 Å². The molecule has 0 amide bonds. The monoisotopic (exact) mass is 263 g/mol. The van der Waals surface area contributed by atoms with Gasteiger partial charge in [0.05, 0.1) is 11.7 Å². The summed E-state index contributed by atoms with van der Waals surface area (Å²) in [5, 5.41) is 8.24. The van der Waals surface area contributed by atoms with Crippen LogP contribution in [-0.4, -0.2) is 16.3 Å². The van der Waals surface area contributed by atoms with Crippen molar-refractivity contribution in [3.05, 3.63) is 18.0 Å². The Balaban J connectivity index is 2.25. The normalized spacial score (nSPS) is 20.4. The Morgan fingerprint density at radius 1 is 1.32 bits per heavy atom. The molecule has 108 valence electrons. The standard InChI is InChI=1S/C16H29N3/c1-4-13-19-14(9-12-18-19)15(17-5-2)16(3)10-7-6-8-11-16/h9,12,15,17H,4-8,10-11,13H2,1-3H3. The van der Waals surface area contributed by atoms with Crippen LogP contribution in [-0.2, 0) is 6.54 Å². The van der Waals surface area contributed by atoms with Gasteiger partial charge in [-0.1, -0.05) is 40.0 Å². The Labute approximate surface area is 117 Å². The maximum atomic E-state index is 4.51. The van der Waals surface area contributed by atoms with E-state index < -0.39 is 0 Å². The molecule has 2 rings (SSSR count). The Morgan fingerprint density at radius 2 is 2.05 bits per heavy atom. The molecular formula is C16H29N3. The first-order valence-electron chi connectivity index (χ1n) is 7.96. The van der Waals surface area contributed by atoms with E-state index in [0.717, 1.165) is 19.5 Å². The van der Waals surface area contributed by atoms with Crippen LogP contribution in [0.5, 0.6) is 0 Å². The van der Waals surface area contributed by atoms with E-state index in [1.54, 1.807) is 0 Å². The molecule has 1 atom stereocenters. The predicted molar refractivity (Wildman–Crippen MR) is 80.1 cm³/mol. The van der Waals surface area contributed by atoms with Crippen molar-refractivity contribution < 1.29 is 0 Å². The van der Waals surface area contributed by atoms with Crippen molar-refractivity contribution in [3.63, 3.8) is 0 Å². The molecule has 0 radical (unpaired) electrons. The summed E-state index contributed by atoms with van der Waals surface area (Å²) in [5.74, 6) is 0. The highest BCUT2D eigenvalue weighted by atomic mass is 15.3. The van der Waals surface area contributed by atoms with Crippen molar-refractivity contribution in [2.45, 2.75) is 71.9 Å². The third-order valence-corrected chi connectivity index (χ3v) is 4.58. The molecule has 19 heavy (non-hydrogen) atoms. The molecule has 0 aliphatic heterocycles. The summed E-state index contributed by atoms with van der Waals surface area (Å²) in [6, 6.07) is 2.66. The molecule has 1 unspecified atom stereocenters. The summed E-state index contributed by atoms with van der Waals surface area (Å²) in [4.78, 5) is 0. The minimum absolute atomic E-state index is 0.389. The van der Waals surface area contributed by atoms with Gasteiger partial charge in [0.2, 0.25) is 0 Å². The molecule has 1 N–H and O–H groups in total. The van der Waals surface area contributed by atoms with Crippen LogP contribution in [0.15, 0.2) is 12.3 Å². The number of rotatable bonds is 6. The third-order valence-electron chi connectivity index (χ3n) is 4.58. The fourth-order valence-electron chi connectivity index (χ4n) is 3.55. The van der Waals surface area contributed by atoms with Crippen LogP contribution in [0.25, 0.3) is 0 Å². The molecule has 1 aromatic heterocycles. The SMILES string of the molecule is CCCn1nccc1C(NCC)C1(C)CCCCC1. The van der Waals surface area contributed by atoms with Crippen LogP contribution >= 0.6 is 0 Å². The lowest BCUT2D eigenvalue weighted by Crippen LogP contribution is -2.39. The van der Waals surface area contributed by atoms with Crippen molar-refractivity contribution in [2.75, 3.05) is 6.54 Å². The van der Waals surface area contributed by atoms with Gasteiger partial charge in [0.1, 0.15) is 0 Å². The van der Waals surface area contributed by atoms with Crippen LogP contribution in [0, 0.1) is 5.41 Å². The van der Waals surface area contributed by atoms with Crippen molar-refractivity contribution in [1.82, 2.24) is 15.1 Å². The first kappa shape index (κ1) is 14.6. The van der Waals surface area contributed by atoms with E-state index in [1.807, 2.05) is 6.20 Å². The highest BCUT2D eigenvalue weighted by molar-refractivity contribution is 5.12. The fraction of sp³-hybridized carbons (Fsp3) is 0.812.